The number of likely N-dealkylation sites (N-methyl/N-ethyl adjacent to an activating group) is 1. The summed E-state index contributed by atoms with van der Waals surface area (Å²) in [6.45, 7) is 10.7. The Kier molecular flexibility index (Phi) is 7.72. The maximum Gasteiger partial charge on any atom is 0.0238 e. The van der Waals surface area contributed by atoms with E-state index in [0.717, 1.165) is 12.1 Å². The molecule has 3 heteroatoms. The molecule has 3 N–H and O–H groups in total. The minimum Gasteiger partial charge on any atom is -0.392 e. The molecule has 0 aliphatic carbocycles. The summed E-state index contributed by atoms with van der Waals surface area (Å²) in [7, 11) is 5.89. The molecule has 0 fully saturated rings. The van der Waals surface area contributed by atoms with Crippen LogP contribution in [-0.2, 0) is 0 Å². The number of hydrogen-bond acceptors (Lipinski definition) is 3. The van der Waals surface area contributed by atoms with Crippen LogP contribution in [-0.4, -0.2) is 27.2 Å². The highest BCUT2D eigenvalue weighted by atomic mass is 14.9. The summed E-state index contributed by atoms with van der Waals surface area (Å²) >= 11 is 0. The normalized spacial score (nSPS) is 15.6. The van der Waals surface area contributed by atoms with Crippen molar-refractivity contribution in [3.63, 3.8) is 0 Å². The molecule has 3 nitrogen and oxygen atoms in total. The van der Waals surface area contributed by atoms with E-state index < -0.39 is 0 Å². The second-order valence-electron chi connectivity index (χ2n) is 4.85. The van der Waals surface area contributed by atoms with Gasteiger partial charge in [0.25, 0.3) is 0 Å². The number of hydrogen-bond donors (Lipinski definition) is 3. The fourth-order valence-corrected chi connectivity index (χ4v) is 1.82. The first-order valence-electron chi connectivity index (χ1n) is 6.38. The predicted molar refractivity (Wildman–Crippen MR) is 76.8 cm³/mol. The van der Waals surface area contributed by atoms with Gasteiger partial charge in [0.2, 0.25) is 0 Å². The Balaban J connectivity index is 4.71. The third-order valence-electron chi connectivity index (χ3n) is 3.24. The Bertz CT molecular complexity index is 256. The zero-order chi connectivity index (χ0) is 13.4. The molecule has 0 rings (SSSR count). The van der Waals surface area contributed by atoms with E-state index in [0.29, 0.717) is 17.9 Å². The zero-order valence-electron chi connectivity index (χ0n) is 12.2. The SMILES string of the molecule is C=C(NC)C(CC(=CC(C)NC)NC)C(C)C. The van der Waals surface area contributed by atoms with E-state index in [1.54, 1.807) is 0 Å². The van der Waals surface area contributed by atoms with Crippen LogP contribution in [0.15, 0.2) is 24.0 Å². The van der Waals surface area contributed by atoms with E-state index in [-0.39, 0.29) is 0 Å². The quantitative estimate of drug-likeness (QED) is 0.607. The molecule has 2 unspecified atom stereocenters. The Labute approximate surface area is 107 Å². The van der Waals surface area contributed by atoms with Gasteiger partial charge < -0.3 is 16.0 Å². The molecular weight excluding hydrogens is 210 g/mol. The summed E-state index contributed by atoms with van der Waals surface area (Å²) in [5.74, 6) is 1.04. The molecule has 0 aromatic heterocycles. The highest BCUT2D eigenvalue weighted by Gasteiger charge is 2.17. The van der Waals surface area contributed by atoms with Gasteiger partial charge in [-0.15, -0.1) is 0 Å². The van der Waals surface area contributed by atoms with Gasteiger partial charge in [-0.1, -0.05) is 20.4 Å². The Morgan fingerprint density at radius 2 is 1.71 bits per heavy atom. The first-order chi connectivity index (χ1) is 7.96. The average Bonchev–Trinajstić information content (AvgIpc) is 2.32. The lowest BCUT2D eigenvalue weighted by atomic mass is 9.88. The Morgan fingerprint density at radius 3 is 2.06 bits per heavy atom. The van der Waals surface area contributed by atoms with Crippen molar-refractivity contribution in [1.29, 1.82) is 0 Å². The van der Waals surface area contributed by atoms with Crippen molar-refractivity contribution in [2.24, 2.45) is 11.8 Å². The molecular formula is C14H29N3. The second kappa shape index (κ2) is 8.18. The molecule has 0 spiro atoms. The molecule has 17 heavy (non-hydrogen) atoms. The fourth-order valence-electron chi connectivity index (χ4n) is 1.82. The predicted octanol–water partition coefficient (Wildman–Crippen LogP) is 2.09. The monoisotopic (exact) mass is 239 g/mol. The van der Waals surface area contributed by atoms with E-state index >= 15 is 0 Å². The van der Waals surface area contributed by atoms with Gasteiger partial charge in [0.05, 0.1) is 0 Å². The summed E-state index contributed by atoms with van der Waals surface area (Å²) in [5.41, 5.74) is 2.38. The van der Waals surface area contributed by atoms with Crippen LogP contribution < -0.4 is 16.0 Å². The standard InChI is InChI=1S/C14H29N3/c1-10(2)14(12(4)16-6)9-13(17-7)8-11(3)15-5/h8,10-11,14-17H,4,9H2,1-3,5-7H3. The van der Waals surface area contributed by atoms with Gasteiger partial charge in [-0.25, -0.2) is 0 Å². The summed E-state index contributed by atoms with van der Waals surface area (Å²) in [4.78, 5) is 0. The van der Waals surface area contributed by atoms with E-state index in [4.69, 9.17) is 0 Å². The van der Waals surface area contributed by atoms with Crippen molar-refractivity contribution in [2.45, 2.75) is 33.2 Å². The third kappa shape index (κ3) is 5.78. The molecule has 0 amide bonds. The molecule has 0 aromatic carbocycles. The molecule has 0 heterocycles. The molecule has 100 valence electrons. The van der Waals surface area contributed by atoms with Gasteiger partial charge in [-0.2, -0.15) is 0 Å². The molecule has 0 bridgehead atoms. The van der Waals surface area contributed by atoms with Gasteiger partial charge in [0, 0.05) is 37.4 Å². The van der Waals surface area contributed by atoms with Crippen LogP contribution >= 0.6 is 0 Å². The highest BCUT2D eigenvalue weighted by molar-refractivity contribution is 5.10. The summed E-state index contributed by atoms with van der Waals surface area (Å²) in [5, 5.41) is 9.68. The van der Waals surface area contributed by atoms with E-state index in [1.807, 2.05) is 21.1 Å². The average molecular weight is 239 g/mol. The second-order valence-corrected chi connectivity index (χ2v) is 4.85. The first-order valence-corrected chi connectivity index (χ1v) is 6.38. The summed E-state index contributed by atoms with van der Waals surface area (Å²) in [6.07, 6.45) is 3.23. The lowest BCUT2D eigenvalue weighted by molar-refractivity contribution is 0.416. The van der Waals surface area contributed by atoms with Crippen LogP contribution in [0.2, 0.25) is 0 Å². The largest absolute Gasteiger partial charge is 0.392 e. The van der Waals surface area contributed by atoms with Gasteiger partial charge in [-0.3, -0.25) is 0 Å². The summed E-state index contributed by atoms with van der Waals surface area (Å²) < 4.78 is 0. The van der Waals surface area contributed by atoms with Crippen LogP contribution in [0.5, 0.6) is 0 Å². The van der Waals surface area contributed by atoms with Crippen LogP contribution in [0.4, 0.5) is 0 Å². The summed E-state index contributed by atoms with van der Waals surface area (Å²) in [6, 6.07) is 0.383. The zero-order valence-corrected chi connectivity index (χ0v) is 12.2. The third-order valence-corrected chi connectivity index (χ3v) is 3.24. The lowest BCUT2D eigenvalue weighted by Gasteiger charge is -2.25. The van der Waals surface area contributed by atoms with Crippen molar-refractivity contribution in [1.82, 2.24) is 16.0 Å². The van der Waals surface area contributed by atoms with Crippen molar-refractivity contribution < 1.29 is 0 Å². The number of allylic oxidation sites excluding steroid dienone is 2. The van der Waals surface area contributed by atoms with E-state index in [2.05, 4.69) is 49.4 Å². The smallest absolute Gasteiger partial charge is 0.0238 e. The molecule has 0 radical (unpaired) electrons. The first kappa shape index (κ1) is 16.0. The van der Waals surface area contributed by atoms with Gasteiger partial charge in [0.15, 0.2) is 0 Å². The minimum absolute atomic E-state index is 0.383. The van der Waals surface area contributed by atoms with Crippen molar-refractivity contribution in [3.8, 4) is 0 Å². The minimum atomic E-state index is 0.383. The van der Waals surface area contributed by atoms with Gasteiger partial charge in [-0.05, 0) is 32.4 Å². The van der Waals surface area contributed by atoms with Crippen molar-refractivity contribution in [2.75, 3.05) is 21.1 Å². The lowest BCUT2D eigenvalue weighted by Crippen LogP contribution is -2.25. The highest BCUT2D eigenvalue weighted by Crippen LogP contribution is 2.24. The number of nitrogens with one attached hydrogen (secondary N) is 3. The fraction of sp³-hybridized carbons (Fsp3) is 0.714. The number of rotatable bonds is 8. The molecule has 0 aromatic rings. The molecule has 2 atom stereocenters. The van der Waals surface area contributed by atoms with Gasteiger partial charge >= 0.3 is 0 Å². The van der Waals surface area contributed by atoms with E-state index in [9.17, 15) is 0 Å². The van der Waals surface area contributed by atoms with Crippen LogP contribution in [0.1, 0.15) is 27.2 Å². The van der Waals surface area contributed by atoms with Crippen molar-refractivity contribution in [3.05, 3.63) is 24.0 Å². The molecule has 0 aliphatic rings. The van der Waals surface area contributed by atoms with Crippen LogP contribution in [0.3, 0.4) is 0 Å². The molecule has 0 saturated heterocycles. The van der Waals surface area contributed by atoms with Crippen LogP contribution in [0.25, 0.3) is 0 Å². The Morgan fingerprint density at radius 1 is 1.12 bits per heavy atom. The van der Waals surface area contributed by atoms with Crippen molar-refractivity contribution >= 4 is 0 Å². The van der Waals surface area contributed by atoms with E-state index in [1.165, 1.54) is 5.70 Å². The maximum atomic E-state index is 4.10. The van der Waals surface area contributed by atoms with Crippen LogP contribution in [0, 0.1) is 11.8 Å². The topological polar surface area (TPSA) is 36.1 Å². The van der Waals surface area contributed by atoms with Gasteiger partial charge in [0.1, 0.15) is 0 Å². The molecule has 0 saturated carbocycles. The Hall–Kier alpha value is -0.960. The molecule has 0 aliphatic heterocycles. The maximum absolute atomic E-state index is 4.10.